The molecule has 0 saturated heterocycles. The molecule has 2 nitrogen and oxygen atoms in total. The van der Waals surface area contributed by atoms with Gasteiger partial charge in [-0.1, -0.05) is 48.5 Å². The Morgan fingerprint density at radius 2 is 1.57 bits per heavy atom. The van der Waals surface area contributed by atoms with Crippen LogP contribution in [0, 0.1) is 0 Å². The van der Waals surface area contributed by atoms with E-state index in [1.165, 1.54) is 27.1 Å². The molecule has 0 bridgehead atoms. The zero-order chi connectivity index (χ0) is 14.8. The van der Waals surface area contributed by atoms with E-state index in [2.05, 4.69) is 30.3 Å². The smallest absolute Gasteiger partial charge is 0.404 e. The Balaban J connectivity index is 2.18. The summed E-state index contributed by atoms with van der Waals surface area (Å²) >= 11 is 5.31. The van der Waals surface area contributed by atoms with Crippen molar-refractivity contribution in [2.24, 2.45) is 0 Å². The molecule has 0 saturated carbocycles. The number of rotatable bonds is 3. The standard InChI is InChI=1S/C18H15ClO2/c1-12(21-18(19)20)10-17-15-8-4-2-6-13(15)11-14-7-3-5-9-16(14)17/h2-9,11-12H,10H2,1H3. The molecule has 106 valence electrons. The second-order valence-corrected chi connectivity index (χ2v) is 5.48. The lowest BCUT2D eigenvalue weighted by molar-refractivity contribution is 0.132. The van der Waals surface area contributed by atoms with Gasteiger partial charge >= 0.3 is 5.43 Å². The van der Waals surface area contributed by atoms with Gasteiger partial charge in [-0.15, -0.1) is 0 Å². The third-order valence-corrected chi connectivity index (χ3v) is 3.76. The molecule has 0 aliphatic rings. The van der Waals surface area contributed by atoms with Gasteiger partial charge in [0.05, 0.1) is 0 Å². The maximum absolute atomic E-state index is 10.9. The normalized spacial score (nSPS) is 12.5. The molecule has 0 fully saturated rings. The van der Waals surface area contributed by atoms with Crippen molar-refractivity contribution >= 4 is 38.6 Å². The second-order valence-electron chi connectivity index (χ2n) is 5.17. The van der Waals surface area contributed by atoms with Crippen LogP contribution in [0.4, 0.5) is 4.79 Å². The van der Waals surface area contributed by atoms with Gasteiger partial charge in [0.15, 0.2) is 0 Å². The zero-order valence-corrected chi connectivity index (χ0v) is 12.4. The minimum atomic E-state index is -0.757. The molecule has 3 heteroatoms. The molecule has 0 aromatic heterocycles. The summed E-state index contributed by atoms with van der Waals surface area (Å²) in [6.45, 7) is 1.86. The van der Waals surface area contributed by atoms with Crippen LogP contribution in [-0.4, -0.2) is 11.5 Å². The molecule has 0 amide bonds. The molecule has 1 atom stereocenters. The summed E-state index contributed by atoms with van der Waals surface area (Å²) in [6, 6.07) is 18.7. The highest BCUT2D eigenvalue weighted by Crippen LogP contribution is 2.29. The van der Waals surface area contributed by atoms with Crippen molar-refractivity contribution in [2.45, 2.75) is 19.4 Å². The molecular weight excluding hydrogens is 284 g/mol. The predicted octanol–water partition coefficient (Wildman–Crippen LogP) is 5.30. The summed E-state index contributed by atoms with van der Waals surface area (Å²) < 4.78 is 5.08. The van der Waals surface area contributed by atoms with Crippen LogP contribution in [0.2, 0.25) is 0 Å². The highest BCUT2D eigenvalue weighted by Gasteiger charge is 2.13. The summed E-state index contributed by atoms with van der Waals surface area (Å²) in [7, 11) is 0. The van der Waals surface area contributed by atoms with E-state index >= 15 is 0 Å². The first-order valence-electron chi connectivity index (χ1n) is 6.90. The van der Waals surface area contributed by atoms with Gasteiger partial charge in [-0.05, 0) is 40.1 Å². The van der Waals surface area contributed by atoms with E-state index < -0.39 is 5.43 Å². The third-order valence-electron chi connectivity index (χ3n) is 3.67. The topological polar surface area (TPSA) is 26.3 Å². The van der Waals surface area contributed by atoms with Crippen LogP contribution >= 0.6 is 11.6 Å². The highest BCUT2D eigenvalue weighted by molar-refractivity contribution is 6.61. The first-order valence-corrected chi connectivity index (χ1v) is 7.28. The summed E-state index contributed by atoms with van der Waals surface area (Å²) in [6.07, 6.45) is 0.379. The van der Waals surface area contributed by atoms with Crippen molar-refractivity contribution in [3.8, 4) is 0 Å². The molecule has 21 heavy (non-hydrogen) atoms. The Morgan fingerprint density at radius 1 is 1.05 bits per heavy atom. The first kappa shape index (κ1) is 13.9. The quantitative estimate of drug-likeness (QED) is 0.484. The Kier molecular flexibility index (Phi) is 3.80. The van der Waals surface area contributed by atoms with Crippen LogP contribution in [0.3, 0.4) is 0 Å². The molecule has 0 aliphatic carbocycles. The average Bonchev–Trinajstić information content (AvgIpc) is 2.46. The van der Waals surface area contributed by atoms with E-state index in [0.717, 1.165) is 0 Å². The van der Waals surface area contributed by atoms with Crippen molar-refractivity contribution in [1.82, 2.24) is 0 Å². The van der Waals surface area contributed by atoms with Gasteiger partial charge in [0, 0.05) is 18.0 Å². The van der Waals surface area contributed by atoms with Crippen molar-refractivity contribution in [1.29, 1.82) is 0 Å². The molecule has 3 aromatic carbocycles. The summed E-state index contributed by atoms with van der Waals surface area (Å²) in [5, 5.41) is 4.76. The zero-order valence-electron chi connectivity index (χ0n) is 11.7. The number of carbonyl (C=O) groups excluding carboxylic acids is 1. The first-order chi connectivity index (χ1) is 10.1. The Morgan fingerprint density at radius 3 is 2.10 bits per heavy atom. The SMILES string of the molecule is CC(Cc1c2ccccc2cc2ccccc12)OC(=O)Cl. The van der Waals surface area contributed by atoms with E-state index in [0.29, 0.717) is 6.42 Å². The lowest BCUT2D eigenvalue weighted by Crippen LogP contribution is -2.13. The third kappa shape index (κ3) is 2.86. The van der Waals surface area contributed by atoms with Crippen molar-refractivity contribution in [2.75, 3.05) is 0 Å². The number of benzene rings is 3. The van der Waals surface area contributed by atoms with E-state index in [1.54, 1.807) is 0 Å². The maximum Gasteiger partial charge on any atom is 0.404 e. The molecule has 3 aromatic rings. The van der Waals surface area contributed by atoms with Gasteiger partial charge in [0.1, 0.15) is 6.10 Å². The number of ether oxygens (including phenoxy) is 1. The van der Waals surface area contributed by atoms with Crippen molar-refractivity contribution in [3.63, 3.8) is 0 Å². The van der Waals surface area contributed by atoms with Gasteiger partial charge in [-0.3, -0.25) is 0 Å². The summed E-state index contributed by atoms with van der Waals surface area (Å²) in [5.74, 6) is 0. The fourth-order valence-corrected chi connectivity index (χ4v) is 2.97. The van der Waals surface area contributed by atoms with Crippen LogP contribution in [0.25, 0.3) is 21.5 Å². The summed E-state index contributed by atoms with van der Waals surface area (Å²) in [5.41, 5.74) is 0.432. The van der Waals surface area contributed by atoms with E-state index in [9.17, 15) is 4.79 Å². The molecule has 1 unspecified atom stereocenters. The molecule has 0 radical (unpaired) electrons. The van der Waals surface area contributed by atoms with Crippen molar-refractivity contribution < 1.29 is 9.53 Å². The lowest BCUT2D eigenvalue weighted by Gasteiger charge is -2.15. The number of halogens is 1. The fraction of sp³-hybridized carbons (Fsp3) is 0.167. The van der Waals surface area contributed by atoms with Crippen LogP contribution in [-0.2, 0) is 11.2 Å². The van der Waals surface area contributed by atoms with E-state index in [-0.39, 0.29) is 6.10 Å². The number of hydrogen-bond acceptors (Lipinski definition) is 2. The monoisotopic (exact) mass is 298 g/mol. The molecule has 0 N–H and O–H groups in total. The van der Waals surface area contributed by atoms with Crippen LogP contribution in [0.15, 0.2) is 54.6 Å². The Hall–Kier alpha value is -2.06. The molecule has 0 heterocycles. The molecule has 3 rings (SSSR count). The highest BCUT2D eigenvalue weighted by atomic mass is 35.5. The summed E-state index contributed by atoms with van der Waals surface area (Å²) in [4.78, 5) is 10.9. The average molecular weight is 299 g/mol. The van der Waals surface area contributed by atoms with Gasteiger partial charge in [-0.25, -0.2) is 4.79 Å². The minimum absolute atomic E-state index is 0.260. The van der Waals surface area contributed by atoms with Crippen molar-refractivity contribution in [3.05, 3.63) is 60.2 Å². The van der Waals surface area contributed by atoms with Crippen LogP contribution in [0.1, 0.15) is 12.5 Å². The molecule has 0 spiro atoms. The Bertz CT molecular complexity index is 757. The number of carbonyl (C=O) groups is 1. The molecular formula is C18H15ClO2. The second kappa shape index (κ2) is 5.74. The number of hydrogen-bond donors (Lipinski definition) is 0. The maximum atomic E-state index is 10.9. The lowest BCUT2D eigenvalue weighted by atomic mass is 9.93. The minimum Gasteiger partial charge on any atom is -0.450 e. The van der Waals surface area contributed by atoms with Gasteiger partial charge in [-0.2, -0.15) is 0 Å². The van der Waals surface area contributed by atoms with Crippen LogP contribution in [0.5, 0.6) is 0 Å². The van der Waals surface area contributed by atoms with E-state index in [4.69, 9.17) is 16.3 Å². The predicted molar refractivity (Wildman–Crippen MR) is 87.0 cm³/mol. The van der Waals surface area contributed by atoms with Gasteiger partial charge < -0.3 is 4.74 Å². The fourth-order valence-electron chi connectivity index (χ4n) is 2.82. The van der Waals surface area contributed by atoms with E-state index in [1.807, 2.05) is 31.2 Å². The Labute approximate surface area is 128 Å². The van der Waals surface area contributed by atoms with Gasteiger partial charge in [0.2, 0.25) is 0 Å². The van der Waals surface area contributed by atoms with Gasteiger partial charge in [0.25, 0.3) is 0 Å². The van der Waals surface area contributed by atoms with Crippen LogP contribution < -0.4 is 0 Å². The number of fused-ring (bicyclic) bond motifs is 2. The molecule has 0 aliphatic heterocycles. The largest absolute Gasteiger partial charge is 0.450 e.